The molecule has 1 amide bonds. The molecule has 1 aliphatic rings. The fraction of sp³-hybridized carbons (Fsp3) is 0.429. The van der Waals surface area contributed by atoms with E-state index < -0.39 is 16.8 Å². The number of hydrogen-bond acceptors (Lipinski definition) is 5. The number of nitrogens with zero attached hydrogens (tertiary/aromatic N) is 2. The molecule has 1 aliphatic heterocycles. The molecule has 1 fully saturated rings. The molecule has 1 aromatic carbocycles. The monoisotopic (exact) mass is 324 g/mol. The van der Waals surface area contributed by atoms with Gasteiger partial charge in [-0.15, -0.1) is 11.8 Å². The van der Waals surface area contributed by atoms with Gasteiger partial charge in [0.25, 0.3) is 5.69 Å². The van der Waals surface area contributed by atoms with Crippen molar-refractivity contribution in [1.82, 2.24) is 4.90 Å². The third kappa shape index (κ3) is 3.76. The van der Waals surface area contributed by atoms with Crippen LogP contribution in [0.3, 0.4) is 0 Å². The number of benzene rings is 1. The van der Waals surface area contributed by atoms with Crippen LogP contribution in [0.2, 0.25) is 0 Å². The standard InChI is InChI=1S/C14H16N2O5S/c1-9-6-15(7-12(9)14(18)19)13(17)8-22-11-4-2-10(3-5-11)16(20)21/h2-5,9,12H,6-8H2,1H3,(H,18,19)/t9-,12-/m1/s1. The number of carboxylic acid groups (broad SMARTS) is 1. The first kappa shape index (κ1) is 16.3. The first-order chi connectivity index (χ1) is 10.4. The number of nitro groups is 1. The lowest BCUT2D eigenvalue weighted by molar-refractivity contribution is -0.384. The molecule has 8 heteroatoms. The Labute approximate surface area is 131 Å². The van der Waals surface area contributed by atoms with Gasteiger partial charge >= 0.3 is 5.97 Å². The van der Waals surface area contributed by atoms with Crippen LogP contribution in [0.4, 0.5) is 5.69 Å². The average molecular weight is 324 g/mol. The summed E-state index contributed by atoms with van der Waals surface area (Å²) in [5, 5.41) is 19.6. The van der Waals surface area contributed by atoms with E-state index in [1.807, 2.05) is 6.92 Å². The molecular weight excluding hydrogens is 308 g/mol. The Morgan fingerprint density at radius 1 is 1.36 bits per heavy atom. The third-order valence-corrected chi connectivity index (χ3v) is 4.69. The van der Waals surface area contributed by atoms with Gasteiger partial charge in [-0.2, -0.15) is 0 Å². The molecule has 1 saturated heterocycles. The van der Waals surface area contributed by atoms with Crippen molar-refractivity contribution < 1.29 is 19.6 Å². The number of amides is 1. The molecule has 1 aromatic rings. The topological polar surface area (TPSA) is 101 Å². The quantitative estimate of drug-likeness (QED) is 0.504. The maximum atomic E-state index is 12.1. The zero-order valence-corrected chi connectivity index (χ0v) is 12.8. The number of carbonyl (C=O) groups excluding carboxylic acids is 1. The highest BCUT2D eigenvalue weighted by atomic mass is 32.2. The highest BCUT2D eigenvalue weighted by Crippen LogP contribution is 2.26. The van der Waals surface area contributed by atoms with Gasteiger partial charge in [-0.1, -0.05) is 6.92 Å². The summed E-state index contributed by atoms with van der Waals surface area (Å²) in [5.41, 5.74) is 0.00773. The SMILES string of the molecule is C[C@@H]1CN(C(=O)CSc2ccc([N+](=O)[O-])cc2)C[C@H]1C(=O)O. The number of carbonyl (C=O) groups is 2. The van der Waals surface area contributed by atoms with Gasteiger partial charge in [-0.25, -0.2) is 0 Å². The Balaban J connectivity index is 1.88. The fourth-order valence-corrected chi connectivity index (χ4v) is 3.19. The van der Waals surface area contributed by atoms with Crippen molar-refractivity contribution in [1.29, 1.82) is 0 Å². The number of likely N-dealkylation sites (tertiary alicyclic amines) is 1. The smallest absolute Gasteiger partial charge is 0.308 e. The molecule has 22 heavy (non-hydrogen) atoms. The van der Waals surface area contributed by atoms with E-state index in [1.165, 1.54) is 23.9 Å². The molecule has 1 N–H and O–H groups in total. The first-order valence-electron chi connectivity index (χ1n) is 6.76. The predicted octanol–water partition coefficient (Wildman–Crippen LogP) is 1.87. The van der Waals surface area contributed by atoms with Gasteiger partial charge in [0.2, 0.25) is 5.91 Å². The molecule has 0 aliphatic carbocycles. The second kappa shape index (κ2) is 6.78. The number of rotatable bonds is 5. The van der Waals surface area contributed by atoms with Crippen LogP contribution >= 0.6 is 11.8 Å². The molecule has 2 rings (SSSR count). The van der Waals surface area contributed by atoms with Crippen LogP contribution in [0.1, 0.15) is 6.92 Å². The summed E-state index contributed by atoms with van der Waals surface area (Å²) >= 11 is 1.29. The number of hydrogen-bond donors (Lipinski definition) is 1. The Morgan fingerprint density at radius 3 is 2.50 bits per heavy atom. The van der Waals surface area contributed by atoms with Crippen LogP contribution in [0.25, 0.3) is 0 Å². The maximum Gasteiger partial charge on any atom is 0.308 e. The molecule has 0 unspecified atom stereocenters. The lowest BCUT2D eigenvalue weighted by Crippen LogP contribution is -2.31. The summed E-state index contributed by atoms with van der Waals surface area (Å²) in [7, 11) is 0. The Bertz CT molecular complexity index is 589. The van der Waals surface area contributed by atoms with E-state index in [4.69, 9.17) is 5.11 Å². The van der Waals surface area contributed by atoms with Crippen molar-refractivity contribution >= 4 is 29.3 Å². The Hall–Kier alpha value is -2.09. The van der Waals surface area contributed by atoms with Crippen molar-refractivity contribution in [3.63, 3.8) is 0 Å². The molecule has 0 saturated carbocycles. The van der Waals surface area contributed by atoms with Gasteiger partial charge in [-0.3, -0.25) is 19.7 Å². The van der Waals surface area contributed by atoms with Crippen LogP contribution < -0.4 is 0 Å². The van der Waals surface area contributed by atoms with E-state index in [0.29, 0.717) is 6.54 Å². The molecule has 0 aromatic heterocycles. The van der Waals surface area contributed by atoms with E-state index >= 15 is 0 Å². The summed E-state index contributed by atoms with van der Waals surface area (Å²) in [6.45, 7) is 2.53. The van der Waals surface area contributed by atoms with Crippen LogP contribution in [-0.4, -0.2) is 45.6 Å². The molecule has 0 radical (unpaired) electrons. The molecule has 0 bridgehead atoms. The summed E-state index contributed by atoms with van der Waals surface area (Å²) in [5.74, 6) is -1.35. The summed E-state index contributed by atoms with van der Waals surface area (Å²) in [4.78, 5) is 35.6. The minimum Gasteiger partial charge on any atom is -0.481 e. The second-order valence-corrected chi connectivity index (χ2v) is 6.31. The Kier molecular flexibility index (Phi) is 5.02. The molecule has 0 spiro atoms. The molecule has 118 valence electrons. The normalized spacial score (nSPS) is 20.9. The second-order valence-electron chi connectivity index (χ2n) is 5.26. The summed E-state index contributed by atoms with van der Waals surface area (Å²) in [6, 6.07) is 5.99. The number of aliphatic carboxylic acids is 1. The largest absolute Gasteiger partial charge is 0.481 e. The van der Waals surface area contributed by atoms with Gasteiger partial charge < -0.3 is 10.0 Å². The van der Waals surface area contributed by atoms with E-state index in [-0.39, 0.29) is 29.8 Å². The maximum absolute atomic E-state index is 12.1. The van der Waals surface area contributed by atoms with Gasteiger partial charge in [0.05, 0.1) is 16.6 Å². The van der Waals surface area contributed by atoms with E-state index in [2.05, 4.69) is 0 Å². The number of nitro benzene ring substituents is 1. The van der Waals surface area contributed by atoms with Gasteiger partial charge in [0, 0.05) is 30.1 Å². The third-order valence-electron chi connectivity index (χ3n) is 3.69. The van der Waals surface area contributed by atoms with Crippen LogP contribution in [0.5, 0.6) is 0 Å². The molecular formula is C14H16N2O5S. The summed E-state index contributed by atoms with van der Waals surface area (Å²) in [6.07, 6.45) is 0. The fourth-order valence-electron chi connectivity index (χ4n) is 2.39. The van der Waals surface area contributed by atoms with Gasteiger partial charge in [-0.05, 0) is 18.1 Å². The summed E-state index contributed by atoms with van der Waals surface area (Å²) < 4.78 is 0. The number of non-ortho nitro benzene ring substituents is 1. The van der Waals surface area contributed by atoms with Gasteiger partial charge in [0.15, 0.2) is 0 Å². The van der Waals surface area contributed by atoms with Crippen molar-refractivity contribution in [2.45, 2.75) is 11.8 Å². The minimum atomic E-state index is -0.870. The first-order valence-corrected chi connectivity index (χ1v) is 7.75. The Morgan fingerprint density at radius 2 is 2.00 bits per heavy atom. The number of carboxylic acids is 1. The predicted molar refractivity (Wildman–Crippen MR) is 80.7 cm³/mol. The van der Waals surface area contributed by atoms with Crippen LogP contribution in [-0.2, 0) is 9.59 Å². The van der Waals surface area contributed by atoms with Crippen LogP contribution in [0.15, 0.2) is 29.2 Å². The van der Waals surface area contributed by atoms with E-state index in [9.17, 15) is 19.7 Å². The highest BCUT2D eigenvalue weighted by molar-refractivity contribution is 8.00. The van der Waals surface area contributed by atoms with E-state index in [0.717, 1.165) is 4.90 Å². The average Bonchev–Trinajstić information content (AvgIpc) is 2.87. The molecule has 7 nitrogen and oxygen atoms in total. The van der Waals surface area contributed by atoms with Crippen molar-refractivity contribution in [3.8, 4) is 0 Å². The zero-order chi connectivity index (χ0) is 16.3. The van der Waals surface area contributed by atoms with E-state index in [1.54, 1.807) is 17.0 Å². The van der Waals surface area contributed by atoms with Crippen molar-refractivity contribution in [3.05, 3.63) is 34.4 Å². The number of thioether (sulfide) groups is 1. The highest BCUT2D eigenvalue weighted by Gasteiger charge is 2.36. The van der Waals surface area contributed by atoms with Crippen molar-refractivity contribution in [2.24, 2.45) is 11.8 Å². The minimum absolute atomic E-state index is 0.00773. The lowest BCUT2D eigenvalue weighted by Gasteiger charge is -2.15. The lowest BCUT2D eigenvalue weighted by atomic mass is 9.99. The molecule has 1 heterocycles. The molecule has 2 atom stereocenters. The van der Waals surface area contributed by atoms with Crippen molar-refractivity contribution in [2.75, 3.05) is 18.8 Å². The van der Waals surface area contributed by atoms with Gasteiger partial charge in [0.1, 0.15) is 0 Å². The zero-order valence-electron chi connectivity index (χ0n) is 12.0. The van der Waals surface area contributed by atoms with Crippen LogP contribution in [0, 0.1) is 22.0 Å².